The van der Waals surface area contributed by atoms with Crippen LogP contribution in [0, 0.1) is 0 Å². The van der Waals surface area contributed by atoms with Crippen LogP contribution in [0.3, 0.4) is 0 Å². The van der Waals surface area contributed by atoms with Gasteiger partial charge in [-0.1, -0.05) is 0 Å². The Kier molecular flexibility index (Phi) is 2.98. The number of hydrogen-bond donors (Lipinski definition) is 1. The molecule has 2 N–H and O–H groups in total. The van der Waals surface area contributed by atoms with Crippen LogP contribution in [0.1, 0.15) is 12.6 Å². The van der Waals surface area contributed by atoms with E-state index >= 15 is 0 Å². The summed E-state index contributed by atoms with van der Waals surface area (Å²) in [5.41, 5.74) is 0.0639. The van der Waals surface area contributed by atoms with Crippen molar-refractivity contribution in [1.29, 1.82) is 0 Å². The second-order valence-corrected chi connectivity index (χ2v) is 5.46. The van der Waals surface area contributed by atoms with Crippen molar-refractivity contribution in [2.45, 2.75) is 17.6 Å². The van der Waals surface area contributed by atoms with E-state index in [0.717, 1.165) is 0 Å². The van der Waals surface area contributed by atoms with Crippen LogP contribution in [-0.4, -0.2) is 38.0 Å². The normalized spacial score (nSPS) is 19.0. The van der Waals surface area contributed by atoms with Crippen LogP contribution in [0.4, 0.5) is 0 Å². The van der Waals surface area contributed by atoms with Crippen LogP contribution >= 0.6 is 0 Å². The van der Waals surface area contributed by atoms with E-state index < -0.39 is 15.6 Å². The van der Waals surface area contributed by atoms with E-state index in [9.17, 15) is 8.42 Å². The molecular formula is C9H15N3O4S. The summed E-state index contributed by atoms with van der Waals surface area (Å²) in [5, 5.41) is 8.77. The lowest BCUT2D eigenvalue weighted by atomic mass is 9.97. The van der Waals surface area contributed by atoms with Crippen molar-refractivity contribution >= 4 is 10.0 Å². The summed E-state index contributed by atoms with van der Waals surface area (Å²) in [7, 11) is -2.14. The predicted octanol–water partition coefficient (Wildman–Crippen LogP) is -0.670. The lowest BCUT2D eigenvalue weighted by molar-refractivity contribution is -0.218. The maximum absolute atomic E-state index is 11.2. The van der Waals surface area contributed by atoms with Crippen molar-refractivity contribution in [3.63, 3.8) is 0 Å². The second-order valence-electron chi connectivity index (χ2n) is 3.96. The van der Waals surface area contributed by atoms with E-state index in [4.69, 9.17) is 14.6 Å². The molecule has 1 aliphatic heterocycles. The molecule has 0 atom stereocenters. The topological polar surface area (TPSA) is 96.4 Å². The number of aromatic nitrogens is 2. The average Bonchev–Trinajstić information content (AvgIpc) is 2.54. The summed E-state index contributed by atoms with van der Waals surface area (Å²) in [6.07, 6.45) is 0. The zero-order chi connectivity index (χ0) is 12.7. The molecule has 2 heterocycles. The third kappa shape index (κ3) is 2.08. The molecule has 0 unspecified atom stereocenters. The first-order chi connectivity index (χ1) is 7.89. The Morgan fingerprint density at radius 3 is 2.65 bits per heavy atom. The Balaban J connectivity index is 2.42. The molecule has 1 aliphatic rings. The number of hydrogen-bond acceptors (Lipinski definition) is 5. The third-order valence-corrected chi connectivity index (χ3v) is 3.49. The number of rotatable bonds is 4. The van der Waals surface area contributed by atoms with Gasteiger partial charge in [0.05, 0.1) is 18.9 Å². The summed E-state index contributed by atoms with van der Waals surface area (Å²) < 4.78 is 34.7. The van der Waals surface area contributed by atoms with Crippen LogP contribution in [0.5, 0.6) is 0 Å². The minimum Gasteiger partial charge on any atom is -0.374 e. The first-order valence-electron chi connectivity index (χ1n) is 5.18. The molecule has 0 amide bonds. The Morgan fingerprint density at radius 1 is 1.65 bits per heavy atom. The van der Waals surface area contributed by atoms with Crippen LogP contribution < -0.4 is 5.14 Å². The molecule has 1 aromatic rings. The van der Waals surface area contributed by atoms with Crippen LogP contribution in [0.2, 0.25) is 0 Å². The number of nitrogens with zero attached hydrogens (tertiary/aromatic N) is 2. The summed E-state index contributed by atoms with van der Waals surface area (Å²) >= 11 is 0. The van der Waals surface area contributed by atoms with Gasteiger partial charge in [0.15, 0.2) is 10.6 Å². The summed E-state index contributed by atoms with van der Waals surface area (Å²) in [5.74, 6) is 0. The minimum atomic E-state index is -3.79. The number of aryl methyl sites for hydroxylation is 1. The van der Waals surface area contributed by atoms with Crippen molar-refractivity contribution in [3.05, 3.63) is 11.8 Å². The van der Waals surface area contributed by atoms with Gasteiger partial charge < -0.3 is 9.47 Å². The zero-order valence-electron chi connectivity index (χ0n) is 9.71. The number of sulfonamides is 1. The Hall–Kier alpha value is -0.960. The van der Waals surface area contributed by atoms with E-state index in [1.807, 2.05) is 6.92 Å². The Labute approximate surface area is 99.6 Å². The van der Waals surface area contributed by atoms with Gasteiger partial charge in [0.2, 0.25) is 0 Å². The predicted molar refractivity (Wildman–Crippen MR) is 58.7 cm³/mol. The quantitative estimate of drug-likeness (QED) is 0.775. The van der Waals surface area contributed by atoms with Crippen molar-refractivity contribution in [2.75, 3.05) is 19.8 Å². The van der Waals surface area contributed by atoms with Crippen LogP contribution in [0.15, 0.2) is 11.1 Å². The van der Waals surface area contributed by atoms with E-state index in [-0.39, 0.29) is 5.03 Å². The molecule has 0 saturated carbocycles. The smallest absolute Gasteiger partial charge is 0.257 e. The van der Waals surface area contributed by atoms with Crippen molar-refractivity contribution in [2.24, 2.45) is 12.2 Å². The second kappa shape index (κ2) is 4.05. The largest absolute Gasteiger partial charge is 0.374 e. The highest BCUT2D eigenvalue weighted by Crippen LogP contribution is 2.34. The molecular weight excluding hydrogens is 246 g/mol. The Morgan fingerprint density at radius 2 is 2.29 bits per heavy atom. The molecule has 0 bridgehead atoms. The van der Waals surface area contributed by atoms with Gasteiger partial charge in [-0.05, 0) is 6.92 Å². The van der Waals surface area contributed by atoms with Gasteiger partial charge in [0.1, 0.15) is 0 Å². The minimum absolute atomic E-state index is 0.152. The van der Waals surface area contributed by atoms with Gasteiger partial charge in [-0.15, -0.1) is 0 Å². The zero-order valence-corrected chi connectivity index (χ0v) is 10.5. The van der Waals surface area contributed by atoms with Crippen molar-refractivity contribution in [3.8, 4) is 0 Å². The molecule has 0 aromatic carbocycles. The molecule has 0 spiro atoms. The molecule has 7 nitrogen and oxygen atoms in total. The summed E-state index contributed by atoms with van der Waals surface area (Å²) in [6, 6.07) is 1.44. The highest BCUT2D eigenvalue weighted by atomic mass is 32.2. The molecule has 8 heteroatoms. The highest BCUT2D eigenvalue weighted by Gasteiger charge is 2.44. The molecule has 2 rings (SSSR count). The lowest BCUT2D eigenvalue weighted by Gasteiger charge is -2.40. The first-order valence-corrected chi connectivity index (χ1v) is 6.73. The summed E-state index contributed by atoms with van der Waals surface area (Å²) in [4.78, 5) is 0. The Bertz CT molecular complexity index is 518. The van der Waals surface area contributed by atoms with Crippen LogP contribution in [-0.2, 0) is 32.1 Å². The van der Waals surface area contributed by atoms with Gasteiger partial charge >= 0.3 is 0 Å². The number of nitrogens with two attached hydrogens (primary N) is 1. The van der Waals surface area contributed by atoms with E-state index in [2.05, 4.69) is 5.10 Å². The van der Waals surface area contributed by atoms with E-state index in [0.29, 0.717) is 25.5 Å². The number of primary sulfonamides is 1. The maximum atomic E-state index is 11.2. The maximum Gasteiger partial charge on any atom is 0.257 e. The fraction of sp³-hybridized carbons (Fsp3) is 0.667. The van der Waals surface area contributed by atoms with E-state index in [1.54, 1.807) is 7.05 Å². The molecule has 1 aromatic heterocycles. The molecule has 1 saturated heterocycles. The van der Waals surface area contributed by atoms with Crippen LogP contribution in [0.25, 0.3) is 0 Å². The number of ether oxygens (including phenoxy) is 2. The fourth-order valence-corrected chi connectivity index (χ4v) is 2.39. The fourth-order valence-electron chi connectivity index (χ4n) is 1.88. The van der Waals surface area contributed by atoms with Gasteiger partial charge in [-0.3, -0.25) is 4.68 Å². The van der Waals surface area contributed by atoms with Gasteiger partial charge in [-0.2, -0.15) is 5.10 Å². The van der Waals surface area contributed by atoms with Crippen molar-refractivity contribution in [1.82, 2.24) is 9.78 Å². The standard InChI is InChI=1S/C9H15N3O4S/c1-3-16-9(5-15-6-9)7-4-8(11-12(7)2)17(10,13)14/h4H,3,5-6H2,1-2H3,(H2,10,13,14). The molecule has 0 aliphatic carbocycles. The van der Waals surface area contributed by atoms with Crippen molar-refractivity contribution < 1.29 is 17.9 Å². The molecule has 0 radical (unpaired) electrons. The SMILES string of the molecule is CCOC1(c2cc(S(N)(=O)=O)nn2C)COC1. The summed E-state index contributed by atoms with van der Waals surface area (Å²) in [6.45, 7) is 3.17. The van der Waals surface area contributed by atoms with Gasteiger partial charge in [0.25, 0.3) is 10.0 Å². The lowest BCUT2D eigenvalue weighted by Crippen LogP contribution is -2.50. The average molecular weight is 261 g/mol. The monoisotopic (exact) mass is 261 g/mol. The molecule has 1 fully saturated rings. The molecule has 17 heavy (non-hydrogen) atoms. The molecule has 96 valence electrons. The first kappa shape index (κ1) is 12.5. The van der Waals surface area contributed by atoms with E-state index in [1.165, 1.54) is 10.7 Å². The third-order valence-electron chi connectivity index (χ3n) is 2.71. The van der Waals surface area contributed by atoms with Gasteiger partial charge in [-0.25, -0.2) is 13.6 Å². The highest BCUT2D eigenvalue weighted by molar-refractivity contribution is 7.89. The van der Waals surface area contributed by atoms with Gasteiger partial charge in [0, 0.05) is 19.7 Å².